The Bertz CT molecular complexity index is 367. The molecule has 6 heteroatoms. The highest BCUT2D eigenvalue weighted by atomic mass is 32.2. The monoisotopic (exact) mass is 290 g/mol. The predicted octanol–water partition coefficient (Wildman–Crippen LogP) is 0.835. The Morgan fingerprint density at radius 1 is 1.32 bits per heavy atom. The third kappa shape index (κ3) is 6.38. The molecule has 0 bridgehead atoms. The maximum atomic E-state index is 11.8. The second-order valence-electron chi connectivity index (χ2n) is 5.38. The molecule has 0 aromatic rings. The number of nitrogens with one attached hydrogen (secondary N) is 1. The zero-order valence-electron chi connectivity index (χ0n) is 11.7. The molecular weight excluding hydrogens is 264 g/mol. The summed E-state index contributed by atoms with van der Waals surface area (Å²) in [4.78, 5) is 11.8. The van der Waals surface area contributed by atoms with Crippen molar-refractivity contribution >= 4 is 15.7 Å². The van der Waals surface area contributed by atoms with Crippen LogP contribution in [-0.4, -0.2) is 38.4 Å². The van der Waals surface area contributed by atoms with E-state index in [1.54, 1.807) is 0 Å². The van der Waals surface area contributed by atoms with Crippen molar-refractivity contribution in [3.63, 3.8) is 0 Å². The van der Waals surface area contributed by atoms with Crippen LogP contribution in [-0.2, 0) is 14.6 Å². The summed E-state index contributed by atoms with van der Waals surface area (Å²) in [5.74, 6) is 0.952. The first-order chi connectivity index (χ1) is 8.96. The van der Waals surface area contributed by atoms with Gasteiger partial charge in [-0.15, -0.1) is 0 Å². The third-order valence-corrected chi connectivity index (χ3v) is 5.57. The Kier molecular flexibility index (Phi) is 6.79. The standard InChI is InChI=1S/C13H26N2O3S/c1-2-11(5-8-14)3-4-13(16)15-12-6-9-19(17,18)10-7-12/h11-12H,2-10,14H2,1H3,(H,15,16). The Morgan fingerprint density at radius 3 is 2.47 bits per heavy atom. The zero-order chi connectivity index (χ0) is 14.3. The van der Waals surface area contributed by atoms with Gasteiger partial charge in [0, 0.05) is 12.5 Å². The second kappa shape index (κ2) is 7.85. The molecule has 1 heterocycles. The number of hydrogen-bond donors (Lipinski definition) is 2. The molecule has 0 spiro atoms. The summed E-state index contributed by atoms with van der Waals surface area (Å²) in [7, 11) is -2.85. The van der Waals surface area contributed by atoms with E-state index in [4.69, 9.17) is 5.73 Å². The van der Waals surface area contributed by atoms with E-state index >= 15 is 0 Å². The van der Waals surface area contributed by atoms with Gasteiger partial charge in [-0.3, -0.25) is 4.79 Å². The normalized spacial score (nSPS) is 20.9. The quantitative estimate of drug-likeness (QED) is 0.727. The largest absolute Gasteiger partial charge is 0.353 e. The van der Waals surface area contributed by atoms with Crippen LogP contribution in [0.4, 0.5) is 0 Å². The van der Waals surface area contributed by atoms with Crippen LogP contribution in [0.15, 0.2) is 0 Å². The summed E-state index contributed by atoms with van der Waals surface area (Å²) in [6.45, 7) is 2.78. The van der Waals surface area contributed by atoms with Crippen molar-refractivity contribution < 1.29 is 13.2 Å². The average Bonchev–Trinajstić information content (AvgIpc) is 2.37. The highest BCUT2D eigenvalue weighted by molar-refractivity contribution is 7.91. The molecule has 0 radical (unpaired) electrons. The highest BCUT2D eigenvalue weighted by Crippen LogP contribution is 2.16. The van der Waals surface area contributed by atoms with Gasteiger partial charge in [-0.1, -0.05) is 13.3 Å². The van der Waals surface area contributed by atoms with Crippen molar-refractivity contribution in [1.82, 2.24) is 5.32 Å². The smallest absolute Gasteiger partial charge is 0.220 e. The Labute approximate surface area is 116 Å². The number of sulfone groups is 1. The summed E-state index contributed by atoms with van der Waals surface area (Å²) in [5.41, 5.74) is 5.53. The van der Waals surface area contributed by atoms with Crippen molar-refractivity contribution in [2.24, 2.45) is 11.7 Å². The number of amides is 1. The lowest BCUT2D eigenvalue weighted by atomic mass is 9.96. The van der Waals surface area contributed by atoms with Crippen molar-refractivity contribution in [2.75, 3.05) is 18.1 Å². The lowest BCUT2D eigenvalue weighted by Crippen LogP contribution is -2.40. The Balaban J connectivity index is 2.24. The average molecular weight is 290 g/mol. The lowest BCUT2D eigenvalue weighted by Gasteiger charge is -2.23. The van der Waals surface area contributed by atoms with Crippen LogP contribution in [0, 0.1) is 5.92 Å². The molecule has 1 aliphatic rings. The van der Waals surface area contributed by atoms with Gasteiger partial charge in [0.15, 0.2) is 0 Å². The molecule has 19 heavy (non-hydrogen) atoms. The number of nitrogens with two attached hydrogens (primary N) is 1. The Morgan fingerprint density at radius 2 is 1.95 bits per heavy atom. The fourth-order valence-electron chi connectivity index (χ4n) is 2.46. The number of hydrogen-bond acceptors (Lipinski definition) is 4. The summed E-state index contributed by atoms with van der Waals surface area (Å²) in [6.07, 6.45) is 4.49. The van der Waals surface area contributed by atoms with Gasteiger partial charge in [0.2, 0.25) is 5.91 Å². The highest BCUT2D eigenvalue weighted by Gasteiger charge is 2.24. The fourth-order valence-corrected chi connectivity index (χ4v) is 3.95. The molecule has 0 saturated carbocycles. The second-order valence-corrected chi connectivity index (χ2v) is 7.69. The van der Waals surface area contributed by atoms with Gasteiger partial charge in [-0.05, 0) is 38.1 Å². The fraction of sp³-hybridized carbons (Fsp3) is 0.923. The van der Waals surface area contributed by atoms with Crippen LogP contribution in [0.3, 0.4) is 0 Å². The van der Waals surface area contributed by atoms with Crippen molar-refractivity contribution in [1.29, 1.82) is 0 Å². The van der Waals surface area contributed by atoms with Gasteiger partial charge < -0.3 is 11.1 Å². The number of carbonyl (C=O) groups excluding carboxylic acids is 1. The molecule has 1 atom stereocenters. The molecule has 0 aliphatic carbocycles. The van der Waals surface area contributed by atoms with Gasteiger partial charge in [-0.25, -0.2) is 8.42 Å². The minimum Gasteiger partial charge on any atom is -0.353 e. The van der Waals surface area contributed by atoms with Crippen LogP contribution in [0.25, 0.3) is 0 Å². The minimum atomic E-state index is -2.85. The number of carbonyl (C=O) groups is 1. The maximum Gasteiger partial charge on any atom is 0.220 e. The van der Waals surface area contributed by atoms with E-state index in [0.717, 1.165) is 19.3 Å². The summed E-state index contributed by atoms with van der Waals surface area (Å²) in [6, 6.07) is 0.0330. The van der Waals surface area contributed by atoms with Gasteiger partial charge in [-0.2, -0.15) is 0 Å². The molecule has 1 saturated heterocycles. The SMILES string of the molecule is CCC(CCN)CCC(=O)NC1CCS(=O)(=O)CC1. The van der Waals surface area contributed by atoms with Gasteiger partial charge >= 0.3 is 0 Å². The lowest BCUT2D eigenvalue weighted by molar-refractivity contribution is -0.122. The van der Waals surface area contributed by atoms with Crippen LogP contribution >= 0.6 is 0 Å². The van der Waals surface area contributed by atoms with Crippen molar-refractivity contribution in [2.45, 2.75) is 51.5 Å². The number of rotatable bonds is 7. The third-order valence-electron chi connectivity index (χ3n) is 3.85. The van der Waals surface area contributed by atoms with Crippen LogP contribution in [0.2, 0.25) is 0 Å². The molecular formula is C13H26N2O3S. The molecule has 0 aromatic carbocycles. The van der Waals surface area contributed by atoms with E-state index in [2.05, 4.69) is 12.2 Å². The van der Waals surface area contributed by atoms with E-state index < -0.39 is 9.84 Å². The Hall–Kier alpha value is -0.620. The van der Waals surface area contributed by atoms with Crippen LogP contribution in [0.1, 0.15) is 45.4 Å². The molecule has 1 amide bonds. The van der Waals surface area contributed by atoms with E-state index in [1.165, 1.54) is 0 Å². The molecule has 112 valence electrons. The van der Waals surface area contributed by atoms with Gasteiger partial charge in [0.05, 0.1) is 11.5 Å². The molecule has 1 aliphatic heterocycles. The summed E-state index contributed by atoms with van der Waals surface area (Å²) >= 11 is 0. The predicted molar refractivity (Wildman–Crippen MR) is 76.5 cm³/mol. The molecule has 0 aromatic heterocycles. The molecule has 5 nitrogen and oxygen atoms in total. The van der Waals surface area contributed by atoms with Gasteiger partial charge in [0.25, 0.3) is 0 Å². The topological polar surface area (TPSA) is 89.3 Å². The zero-order valence-corrected chi connectivity index (χ0v) is 12.5. The molecule has 1 rings (SSSR count). The minimum absolute atomic E-state index is 0.0330. The first-order valence-electron chi connectivity index (χ1n) is 7.16. The van der Waals surface area contributed by atoms with Crippen LogP contribution in [0.5, 0.6) is 0 Å². The van der Waals surface area contributed by atoms with Crippen molar-refractivity contribution in [3.05, 3.63) is 0 Å². The van der Waals surface area contributed by atoms with E-state index in [-0.39, 0.29) is 23.5 Å². The summed E-state index contributed by atoms with van der Waals surface area (Å²) in [5, 5.41) is 2.94. The molecule has 1 unspecified atom stereocenters. The summed E-state index contributed by atoms with van der Waals surface area (Å²) < 4.78 is 22.6. The van der Waals surface area contributed by atoms with Gasteiger partial charge in [0.1, 0.15) is 9.84 Å². The van der Waals surface area contributed by atoms with E-state index in [0.29, 0.717) is 31.7 Å². The maximum absolute atomic E-state index is 11.8. The first-order valence-corrected chi connectivity index (χ1v) is 8.99. The van der Waals surface area contributed by atoms with Crippen LogP contribution < -0.4 is 11.1 Å². The first kappa shape index (κ1) is 16.4. The molecule has 3 N–H and O–H groups in total. The van der Waals surface area contributed by atoms with E-state index in [9.17, 15) is 13.2 Å². The van der Waals surface area contributed by atoms with E-state index in [1.807, 2.05) is 0 Å². The molecule has 1 fully saturated rings. The van der Waals surface area contributed by atoms with Crippen molar-refractivity contribution in [3.8, 4) is 0 Å².